The van der Waals surface area contributed by atoms with Gasteiger partial charge in [-0.2, -0.15) is 0 Å². The number of rotatable bonds is 25. The third kappa shape index (κ3) is 16.4. The minimum Gasteiger partial charge on any atom is -0.370 e. The lowest BCUT2D eigenvalue weighted by atomic mass is 10.1. The van der Waals surface area contributed by atoms with Crippen LogP contribution in [0.25, 0.3) is 10.8 Å². The number of primary amides is 1. The number of hydrogen-bond donors (Lipinski definition) is 9. The summed E-state index contributed by atoms with van der Waals surface area (Å²) in [4.78, 5) is 49.7. The molecule has 14 N–H and O–H groups in total. The van der Waals surface area contributed by atoms with Gasteiger partial charge in [0.2, 0.25) is 27.7 Å². The Balaban J connectivity index is 1.67. The highest BCUT2D eigenvalue weighted by Gasteiger charge is 2.25. The molecule has 3 amide bonds. The van der Waals surface area contributed by atoms with Gasteiger partial charge in [-0.15, -0.1) is 0 Å². The fraction of sp³-hybridized carbons (Fsp3) is 0.548. The molecule has 0 fully saturated rings. The number of benzene rings is 1. The number of amides is 3. The van der Waals surface area contributed by atoms with E-state index in [1.165, 1.54) is 0 Å². The molecule has 0 saturated carbocycles. The quantitative estimate of drug-likeness (QED) is 0.0343. The van der Waals surface area contributed by atoms with E-state index in [4.69, 9.17) is 28.7 Å². The van der Waals surface area contributed by atoms with Gasteiger partial charge in [0.1, 0.15) is 12.1 Å². The third-order valence-corrected chi connectivity index (χ3v) is 9.00. The number of pyridine rings is 1. The molecular formula is C31H52N12O5S. The molecule has 0 unspecified atom stereocenters. The number of carbonyl (C=O) groups is 3. The maximum absolute atomic E-state index is 13.0. The second kappa shape index (κ2) is 22.2. The normalized spacial score (nSPS) is 12.5. The van der Waals surface area contributed by atoms with Crippen LogP contribution in [0.1, 0.15) is 64.2 Å². The summed E-state index contributed by atoms with van der Waals surface area (Å²) in [5.41, 5.74) is 26.9. The molecule has 1 heterocycles. The van der Waals surface area contributed by atoms with Gasteiger partial charge < -0.3 is 44.6 Å². The van der Waals surface area contributed by atoms with E-state index in [-0.39, 0.29) is 61.6 Å². The van der Waals surface area contributed by atoms with E-state index in [1.54, 1.807) is 30.6 Å². The monoisotopic (exact) mass is 704 g/mol. The Bertz CT molecular complexity index is 1510. The fourth-order valence-electron chi connectivity index (χ4n) is 4.97. The standard InChI is InChI=1S/C31H52N12O5S/c32-28(45)24(10-7-16-39-30(33)34)43-29(46)25(11-8-17-40-31(35)36)42-27(44)13-4-2-1-3-5-15-37-19-20-41-49(47,48)26-12-6-9-22-21-38-18-14-23(22)26/h6,9,12,14,18,21,24-25,37,41H,1-5,7-8,10-11,13,15-17,19-20H2,(H2,32,45)(H,42,44)(H,43,46)(H4,33,34,39)(H4,35,36,40)/t24-,25-/m1/s1. The van der Waals surface area contributed by atoms with Crippen LogP contribution in [0.5, 0.6) is 0 Å². The van der Waals surface area contributed by atoms with Crippen LogP contribution in [0.2, 0.25) is 0 Å². The zero-order chi connectivity index (χ0) is 36.1. The fourth-order valence-corrected chi connectivity index (χ4v) is 6.23. The number of guanidine groups is 2. The highest BCUT2D eigenvalue weighted by molar-refractivity contribution is 7.89. The minimum absolute atomic E-state index is 0.0751. The number of unbranched alkanes of at least 4 members (excludes halogenated alkanes) is 4. The predicted molar refractivity (Wildman–Crippen MR) is 190 cm³/mol. The first kappa shape index (κ1) is 40.6. The van der Waals surface area contributed by atoms with Crippen molar-refractivity contribution < 1.29 is 22.8 Å². The number of aliphatic imine (C=N–C) groups is 2. The van der Waals surface area contributed by atoms with Gasteiger partial charge in [-0.25, -0.2) is 13.1 Å². The van der Waals surface area contributed by atoms with Crippen LogP contribution in [-0.4, -0.2) is 87.8 Å². The summed E-state index contributed by atoms with van der Waals surface area (Å²) in [5, 5.41) is 10.0. The van der Waals surface area contributed by atoms with Gasteiger partial charge in [0, 0.05) is 55.8 Å². The molecule has 18 heteroatoms. The number of nitrogens with zero attached hydrogens (tertiary/aromatic N) is 3. The largest absolute Gasteiger partial charge is 0.370 e. The van der Waals surface area contributed by atoms with Gasteiger partial charge in [0.25, 0.3) is 0 Å². The van der Waals surface area contributed by atoms with E-state index in [9.17, 15) is 22.8 Å². The Labute approximate surface area is 287 Å². The molecule has 0 radical (unpaired) electrons. The van der Waals surface area contributed by atoms with Crippen LogP contribution < -0.4 is 49.3 Å². The number of sulfonamides is 1. The zero-order valence-corrected chi connectivity index (χ0v) is 28.7. The number of carbonyl (C=O) groups excluding carboxylic acids is 3. The Morgan fingerprint density at radius 3 is 2.08 bits per heavy atom. The Kier molecular flexibility index (Phi) is 18.4. The van der Waals surface area contributed by atoms with Crippen molar-refractivity contribution in [2.75, 3.05) is 32.7 Å². The first-order chi connectivity index (χ1) is 23.4. The highest BCUT2D eigenvalue weighted by Crippen LogP contribution is 2.21. The van der Waals surface area contributed by atoms with Gasteiger partial charge in [-0.05, 0) is 57.2 Å². The van der Waals surface area contributed by atoms with Crippen LogP contribution in [0.4, 0.5) is 0 Å². The van der Waals surface area contributed by atoms with Crippen molar-refractivity contribution in [3.63, 3.8) is 0 Å². The van der Waals surface area contributed by atoms with Crippen molar-refractivity contribution in [1.82, 2.24) is 25.7 Å². The Hall–Kier alpha value is -4.55. The molecule has 1 aromatic carbocycles. The molecule has 0 aliphatic heterocycles. The van der Waals surface area contributed by atoms with Crippen LogP contribution in [0.15, 0.2) is 51.5 Å². The van der Waals surface area contributed by atoms with E-state index in [0.29, 0.717) is 31.2 Å². The number of fused-ring (bicyclic) bond motifs is 1. The zero-order valence-electron chi connectivity index (χ0n) is 27.9. The second-order valence-electron chi connectivity index (χ2n) is 11.5. The van der Waals surface area contributed by atoms with Gasteiger partial charge in [0.15, 0.2) is 11.9 Å². The smallest absolute Gasteiger partial charge is 0.243 e. The van der Waals surface area contributed by atoms with Crippen LogP contribution in [0.3, 0.4) is 0 Å². The average molecular weight is 705 g/mol. The maximum atomic E-state index is 13.0. The molecule has 272 valence electrons. The lowest BCUT2D eigenvalue weighted by Gasteiger charge is -2.22. The van der Waals surface area contributed by atoms with E-state index < -0.39 is 33.9 Å². The molecular weight excluding hydrogens is 652 g/mol. The summed E-state index contributed by atoms with van der Waals surface area (Å²) in [6, 6.07) is 4.93. The molecule has 0 spiro atoms. The van der Waals surface area contributed by atoms with Crippen molar-refractivity contribution in [1.29, 1.82) is 0 Å². The average Bonchev–Trinajstić information content (AvgIpc) is 3.05. The topological polar surface area (TPSA) is 301 Å². The number of aromatic nitrogens is 1. The molecule has 17 nitrogen and oxygen atoms in total. The van der Waals surface area contributed by atoms with Crippen molar-refractivity contribution in [2.24, 2.45) is 38.7 Å². The van der Waals surface area contributed by atoms with E-state index in [2.05, 4.69) is 35.6 Å². The first-order valence-corrected chi connectivity index (χ1v) is 17.9. The molecule has 0 aliphatic carbocycles. The molecule has 0 aliphatic rings. The lowest BCUT2D eigenvalue weighted by Crippen LogP contribution is -2.53. The SMILES string of the molecule is NC(=O)[C@@H](CCCN=C(N)N)NC(=O)[C@@H](CCCN=C(N)N)NC(=O)CCCCCCCNCCNS(=O)(=O)c1cccc2cnccc12. The molecule has 2 aromatic rings. The minimum atomic E-state index is -3.66. The van der Waals surface area contributed by atoms with Gasteiger partial charge in [-0.3, -0.25) is 29.4 Å². The molecule has 0 saturated heterocycles. The molecule has 2 atom stereocenters. The predicted octanol–water partition coefficient (Wildman–Crippen LogP) is -0.995. The number of hydrogen-bond acceptors (Lipinski definition) is 9. The van der Waals surface area contributed by atoms with E-state index in [0.717, 1.165) is 37.6 Å². The van der Waals surface area contributed by atoms with Crippen LogP contribution in [0, 0.1) is 0 Å². The lowest BCUT2D eigenvalue weighted by molar-refractivity contribution is -0.131. The molecule has 0 bridgehead atoms. The summed E-state index contributed by atoms with van der Waals surface area (Å²) in [5.74, 6) is -1.68. The van der Waals surface area contributed by atoms with Crippen LogP contribution in [-0.2, 0) is 24.4 Å². The van der Waals surface area contributed by atoms with Gasteiger partial charge >= 0.3 is 0 Å². The summed E-state index contributed by atoms with van der Waals surface area (Å²) in [6.07, 6.45) is 8.99. The maximum Gasteiger partial charge on any atom is 0.243 e. The highest BCUT2D eigenvalue weighted by atomic mass is 32.2. The van der Waals surface area contributed by atoms with Gasteiger partial charge in [-0.1, -0.05) is 31.4 Å². The molecule has 49 heavy (non-hydrogen) atoms. The molecule has 1 aromatic heterocycles. The summed E-state index contributed by atoms with van der Waals surface area (Å²) in [6.45, 7) is 2.03. The van der Waals surface area contributed by atoms with Gasteiger partial charge in [0.05, 0.1) is 4.90 Å². The number of nitrogens with one attached hydrogen (secondary N) is 4. The Morgan fingerprint density at radius 1 is 0.755 bits per heavy atom. The summed E-state index contributed by atoms with van der Waals surface area (Å²) < 4.78 is 28.2. The summed E-state index contributed by atoms with van der Waals surface area (Å²) in [7, 11) is -3.66. The Morgan fingerprint density at radius 2 is 1.41 bits per heavy atom. The second-order valence-corrected chi connectivity index (χ2v) is 13.2. The van der Waals surface area contributed by atoms with Crippen LogP contribution >= 0.6 is 0 Å². The third-order valence-electron chi connectivity index (χ3n) is 7.48. The van der Waals surface area contributed by atoms with Crippen molar-refractivity contribution >= 4 is 50.4 Å². The van der Waals surface area contributed by atoms with E-state index >= 15 is 0 Å². The van der Waals surface area contributed by atoms with Crippen molar-refractivity contribution in [3.05, 3.63) is 36.7 Å². The first-order valence-electron chi connectivity index (χ1n) is 16.4. The van der Waals surface area contributed by atoms with Crippen molar-refractivity contribution in [2.45, 2.75) is 81.2 Å². The van der Waals surface area contributed by atoms with E-state index in [1.807, 2.05) is 6.07 Å². The molecule has 2 rings (SSSR count). The summed E-state index contributed by atoms with van der Waals surface area (Å²) >= 11 is 0. The number of nitrogens with two attached hydrogens (primary N) is 5. The van der Waals surface area contributed by atoms with Crippen molar-refractivity contribution in [3.8, 4) is 0 Å².